The van der Waals surface area contributed by atoms with Crippen LogP contribution in [0.1, 0.15) is 22.3 Å². The lowest BCUT2D eigenvalue weighted by Gasteiger charge is -2.34. The molecule has 0 N–H and O–H groups in total. The first-order chi connectivity index (χ1) is 25.7. The van der Waals surface area contributed by atoms with Gasteiger partial charge in [0.2, 0.25) is 0 Å². The maximum Gasteiger partial charge on any atom is 0.171 e. The van der Waals surface area contributed by atoms with Crippen LogP contribution in [0.3, 0.4) is 0 Å². The summed E-state index contributed by atoms with van der Waals surface area (Å²) >= 11 is 0. The molecule has 1 aliphatic rings. The summed E-state index contributed by atoms with van der Waals surface area (Å²) in [4.78, 5) is 4.89. The number of nitrogens with zero attached hydrogens (tertiary/aromatic N) is 2. The van der Waals surface area contributed by atoms with Crippen LogP contribution in [0.4, 0.5) is 0 Å². The highest BCUT2D eigenvalue weighted by molar-refractivity contribution is 7.85. The van der Waals surface area contributed by atoms with E-state index in [2.05, 4.69) is 126 Å². The molecule has 2 heterocycles. The second-order valence-corrected chi connectivity index (χ2v) is 16.2. The number of aromatic nitrogens is 2. The molecule has 0 fully saturated rings. The van der Waals surface area contributed by atoms with Crippen LogP contribution < -0.4 is 15.9 Å². The van der Waals surface area contributed by atoms with E-state index >= 15 is 4.57 Å². The van der Waals surface area contributed by atoms with Crippen LogP contribution in [0.5, 0.6) is 0 Å². The van der Waals surface area contributed by atoms with E-state index in [1.165, 1.54) is 27.8 Å². The van der Waals surface area contributed by atoms with Gasteiger partial charge in [0.15, 0.2) is 7.14 Å². The fourth-order valence-corrected chi connectivity index (χ4v) is 11.2. The molecule has 0 radical (unpaired) electrons. The second kappa shape index (κ2) is 11.9. The predicted molar refractivity (Wildman–Crippen MR) is 215 cm³/mol. The van der Waals surface area contributed by atoms with Gasteiger partial charge in [0, 0.05) is 38.6 Å². The Morgan fingerprint density at radius 1 is 0.462 bits per heavy atom. The predicted octanol–water partition coefficient (Wildman–Crippen LogP) is 10.2. The van der Waals surface area contributed by atoms with Crippen molar-refractivity contribution >= 4 is 45.0 Å². The molecule has 0 atom stereocenters. The van der Waals surface area contributed by atoms with Crippen molar-refractivity contribution in [2.24, 2.45) is 0 Å². The Balaban J connectivity index is 1.25. The standard InChI is InChI=1S/C48H33N2OP/c51-52(37-17-6-2-7-18-37,38-19-8-3-9-20-38)39-29-26-34(27-30-39)48(44-24-12-10-21-40(44)41-22-11-13-25-45(41)48)35-28-31-46-43(33-35)42-23-14-32-49-47(42)50(46)36-15-4-1-5-16-36/h1-33H. The van der Waals surface area contributed by atoms with Crippen molar-refractivity contribution in [2.75, 3.05) is 0 Å². The lowest BCUT2D eigenvalue weighted by Crippen LogP contribution is -2.30. The van der Waals surface area contributed by atoms with E-state index in [1.54, 1.807) is 0 Å². The van der Waals surface area contributed by atoms with E-state index in [0.29, 0.717) is 0 Å². The van der Waals surface area contributed by atoms with Gasteiger partial charge in [-0.15, -0.1) is 0 Å². The van der Waals surface area contributed by atoms with Crippen LogP contribution in [0.2, 0.25) is 0 Å². The highest BCUT2D eigenvalue weighted by Gasteiger charge is 2.46. The Labute approximate surface area is 302 Å². The summed E-state index contributed by atoms with van der Waals surface area (Å²) in [7, 11) is -3.15. The van der Waals surface area contributed by atoms with Gasteiger partial charge in [-0.2, -0.15) is 0 Å². The third-order valence-corrected chi connectivity index (χ3v) is 13.9. The summed E-state index contributed by atoms with van der Waals surface area (Å²) in [5.41, 5.74) is 9.75. The van der Waals surface area contributed by atoms with Crippen molar-refractivity contribution in [3.63, 3.8) is 0 Å². The van der Waals surface area contributed by atoms with E-state index in [4.69, 9.17) is 4.98 Å². The number of rotatable bonds is 6. The topological polar surface area (TPSA) is 34.9 Å². The highest BCUT2D eigenvalue weighted by atomic mass is 31.2. The molecule has 0 spiro atoms. The third-order valence-electron chi connectivity index (χ3n) is 10.8. The SMILES string of the molecule is O=P(c1ccccc1)(c1ccccc1)c1ccc(C2(c3ccc4c(c3)c3cccnc3n4-c3ccccc3)c3ccccc3-c3ccccc32)cc1. The Hall–Kier alpha value is -6.28. The molecule has 7 aromatic carbocycles. The number of pyridine rings is 1. The van der Waals surface area contributed by atoms with E-state index in [0.717, 1.165) is 49.1 Å². The summed E-state index contributed by atoms with van der Waals surface area (Å²) in [6.07, 6.45) is 1.87. The lowest BCUT2D eigenvalue weighted by molar-refractivity contribution is 0.592. The Bertz CT molecular complexity index is 2720. The molecule has 0 amide bonds. The molecule has 0 aliphatic heterocycles. The average molecular weight is 685 g/mol. The molecule has 9 aromatic rings. The van der Waals surface area contributed by atoms with Crippen molar-refractivity contribution in [3.05, 3.63) is 223 Å². The van der Waals surface area contributed by atoms with Gasteiger partial charge >= 0.3 is 0 Å². The maximum atomic E-state index is 15.4. The van der Waals surface area contributed by atoms with Crippen LogP contribution >= 0.6 is 7.14 Å². The minimum absolute atomic E-state index is 0.618. The second-order valence-electron chi connectivity index (χ2n) is 13.4. The minimum atomic E-state index is -3.15. The average Bonchev–Trinajstić information content (AvgIpc) is 3.72. The fourth-order valence-electron chi connectivity index (χ4n) is 8.59. The smallest absolute Gasteiger partial charge is 0.171 e. The molecule has 52 heavy (non-hydrogen) atoms. The number of fused-ring (bicyclic) bond motifs is 6. The number of hydrogen-bond acceptors (Lipinski definition) is 2. The van der Waals surface area contributed by atoms with E-state index in [1.807, 2.05) is 79.0 Å². The number of benzene rings is 7. The number of hydrogen-bond donors (Lipinski definition) is 0. The molecule has 1 aliphatic carbocycles. The zero-order valence-electron chi connectivity index (χ0n) is 28.3. The van der Waals surface area contributed by atoms with Gasteiger partial charge in [0.05, 0.1) is 10.9 Å². The first kappa shape index (κ1) is 30.5. The Morgan fingerprint density at radius 3 is 1.60 bits per heavy atom. The Morgan fingerprint density at radius 2 is 0.981 bits per heavy atom. The summed E-state index contributed by atoms with van der Waals surface area (Å²) in [6.45, 7) is 0. The summed E-state index contributed by atoms with van der Waals surface area (Å²) < 4.78 is 17.6. The summed E-state index contributed by atoms with van der Waals surface area (Å²) in [6, 6.07) is 67.6. The monoisotopic (exact) mass is 684 g/mol. The summed E-state index contributed by atoms with van der Waals surface area (Å²) in [5.74, 6) is 0. The fraction of sp³-hybridized carbons (Fsp3) is 0.0208. The van der Waals surface area contributed by atoms with Gasteiger partial charge in [-0.25, -0.2) is 4.98 Å². The Kier molecular flexibility index (Phi) is 6.99. The first-order valence-corrected chi connectivity index (χ1v) is 19.4. The van der Waals surface area contributed by atoms with Crippen LogP contribution in [-0.4, -0.2) is 9.55 Å². The molecule has 10 rings (SSSR count). The van der Waals surface area contributed by atoms with E-state index < -0.39 is 12.6 Å². The zero-order valence-corrected chi connectivity index (χ0v) is 29.2. The van der Waals surface area contributed by atoms with Gasteiger partial charge in [0.25, 0.3) is 0 Å². The molecule has 0 unspecified atom stereocenters. The van der Waals surface area contributed by atoms with E-state index in [9.17, 15) is 0 Å². The lowest BCUT2D eigenvalue weighted by atomic mass is 9.67. The van der Waals surface area contributed by atoms with Gasteiger partial charge in [0.1, 0.15) is 5.65 Å². The van der Waals surface area contributed by atoms with E-state index in [-0.39, 0.29) is 0 Å². The van der Waals surface area contributed by atoms with Gasteiger partial charge in [-0.1, -0.05) is 158 Å². The van der Waals surface area contributed by atoms with Crippen molar-refractivity contribution in [1.82, 2.24) is 9.55 Å². The molecule has 2 aromatic heterocycles. The van der Waals surface area contributed by atoms with Crippen LogP contribution in [0.25, 0.3) is 38.8 Å². The molecular weight excluding hydrogens is 652 g/mol. The first-order valence-electron chi connectivity index (χ1n) is 17.7. The third kappa shape index (κ3) is 4.33. The van der Waals surface area contributed by atoms with Crippen molar-refractivity contribution in [1.29, 1.82) is 0 Å². The normalized spacial score (nSPS) is 13.2. The minimum Gasteiger partial charge on any atom is -0.309 e. The largest absolute Gasteiger partial charge is 0.309 e. The molecular formula is C48H33N2OP. The quantitative estimate of drug-likeness (QED) is 0.164. The van der Waals surface area contributed by atoms with Crippen LogP contribution in [-0.2, 0) is 9.98 Å². The van der Waals surface area contributed by atoms with Crippen molar-refractivity contribution in [3.8, 4) is 16.8 Å². The number of para-hydroxylation sites is 1. The molecule has 0 bridgehead atoms. The summed E-state index contributed by atoms with van der Waals surface area (Å²) in [5, 5.41) is 4.74. The maximum absolute atomic E-state index is 15.4. The van der Waals surface area contributed by atoms with Gasteiger partial charge in [-0.3, -0.25) is 4.57 Å². The van der Waals surface area contributed by atoms with Crippen molar-refractivity contribution < 1.29 is 4.57 Å². The van der Waals surface area contributed by atoms with Gasteiger partial charge in [-0.05, 0) is 69.8 Å². The van der Waals surface area contributed by atoms with Crippen LogP contribution in [0.15, 0.2) is 200 Å². The molecule has 4 heteroatoms. The molecule has 0 saturated carbocycles. The molecule has 0 saturated heterocycles. The zero-order chi connectivity index (χ0) is 34.7. The molecule has 246 valence electrons. The van der Waals surface area contributed by atoms with Gasteiger partial charge < -0.3 is 4.57 Å². The highest BCUT2D eigenvalue weighted by Crippen LogP contribution is 2.56. The molecule has 3 nitrogen and oxygen atoms in total. The van der Waals surface area contributed by atoms with Crippen molar-refractivity contribution in [2.45, 2.75) is 5.41 Å². The van der Waals surface area contributed by atoms with Crippen LogP contribution in [0, 0.1) is 0 Å².